The molecule has 2 heterocycles. The van der Waals surface area contributed by atoms with Crippen LogP contribution >= 0.6 is 31.9 Å². The molecule has 0 amide bonds. The number of hydrogen-bond acceptors (Lipinski definition) is 1. The average molecular weight is 567 g/mol. The molecule has 7 rings (SSSR count). The second kappa shape index (κ2) is 7.59. The van der Waals surface area contributed by atoms with Gasteiger partial charge in [-0.05, 0) is 77.9 Å². The Kier molecular flexibility index (Phi) is 4.48. The molecule has 2 aromatic heterocycles. The molecule has 5 aromatic carbocycles. The van der Waals surface area contributed by atoms with E-state index in [9.17, 15) is 0 Å². The quantitative estimate of drug-likeness (QED) is 0.203. The smallest absolute Gasteiger partial charge is 0.135 e. The molecule has 0 unspecified atom stereocenters. The highest BCUT2D eigenvalue weighted by Gasteiger charge is 2.14. The number of para-hydroxylation sites is 1. The molecule has 0 atom stereocenters. The van der Waals surface area contributed by atoms with Crippen molar-refractivity contribution in [1.29, 1.82) is 0 Å². The number of halogens is 2. The van der Waals surface area contributed by atoms with Crippen LogP contribution in [0.3, 0.4) is 0 Å². The maximum atomic E-state index is 6.03. The molecule has 0 saturated carbocycles. The van der Waals surface area contributed by atoms with Crippen LogP contribution in [0.25, 0.3) is 60.6 Å². The highest BCUT2D eigenvalue weighted by Crippen LogP contribution is 2.37. The molecule has 7 aromatic rings. The lowest BCUT2D eigenvalue weighted by atomic mass is 10.0. The molecule has 162 valence electrons. The predicted molar refractivity (Wildman–Crippen MR) is 149 cm³/mol. The van der Waals surface area contributed by atoms with Crippen molar-refractivity contribution in [1.82, 2.24) is 4.57 Å². The van der Waals surface area contributed by atoms with Crippen molar-refractivity contribution in [2.24, 2.45) is 0 Å². The Labute approximate surface area is 212 Å². The summed E-state index contributed by atoms with van der Waals surface area (Å²) < 4.78 is 10.5. The van der Waals surface area contributed by atoms with Crippen molar-refractivity contribution < 1.29 is 4.42 Å². The van der Waals surface area contributed by atoms with Gasteiger partial charge in [-0.1, -0.05) is 68.3 Å². The van der Waals surface area contributed by atoms with Gasteiger partial charge >= 0.3 is 0 Å². The van der Waals surface area contributed by atoms with Crippen LogP contribution in [-0.4, -0.2) is 4.57 Å². The molecule has 34 heavy (non-hydrogen) atoms. The predicted octanol–water partition coefficient (Wildman–Crippen LogP) is 9.88. The van der Waals surface area contributed by atoms with Gasteiger partial charge in [-0.3, -0.25) is 0 Å². The molecule has 0 saturated heterocycles. The lowest BCUT2D eigenvalue weighted by molar-refractivity contribution is 0.669. The van der Waals surface area contributed by atoms with Gasteiger partial charge in [0, 0.05) is 36.2 Å². The van der Waals surface area contributed by atoms with E-state index in [0.717, 1.165) is 36.6 Å². The van der Waals surface area contributed by atoms with Crippen molar-refractivity contribution in [3.8, 4) is 16.8 Å². The van der Waals surface area contributed by atoms with Crippen molar-refractivity contribution in [2.75, 3.05) is 0 Å². The summed E-state index contributed by atoms with van der Waals surface area (Å²) in [5, 5.41) is 4.74. The molecule has 0 radical (unpaired) electrons. The summed E-state index contributed by atoms with van der Waals surface area (Å²) in [6.45, 7) is 0. The maximum Gasteiger partial charge on any atom is 0.135 e. The zero-order valence-electron chi connectivity index (χ0n) is 17.9. The third-order valence-corrected chi connectivity index (χ3v) is 7.49. The maximum absolute atomic E-state index is 6.03. The van der Waals surface area contributed by atoms with Gasteiger partial charge in [0.15, 0.2) is 0 Å². The molecule has 0 aliphatic carbocycles. The first-order chi connectivity index (χ1) is 16.7. The third kappa shape index (κ3) is 3.06. The summed E-state index contributed by atoms with van der Waals surface area (Å²) in [5.41, 5.74) is 7.69. The normalized spacial score (nSPS) is 11.8. The summed E-state index contributed by atoms with van der Waals surface area (Å²) in [4.78, 5) is 0. The van der Waals surface area contributed by atoms with E-state index in [0.29, 0.717) is 0 Å². The van der Waals surface area contributed by atoms with Crippen molar-refractivity contribution in [3.63, 3.8) is 0 Å². The number of nitrogens with zero attached hydrogens (tertiary/aromatic N) is 1. The van der Waals surface area contributed by atoms with Gasteiger partial charge in [0.25, 0.3) is 0 Å². The number of rotatable bonds is 2. The minimum atomic E-state index is 0.916. The van der Waals surface area contributed by atoms with E-state index >= 15 is 0 Å². The SMILES string of the molecule is Brc1ccc2c(c1)c1cc(Br)ccc1n2-c1cccc(-c2ccc3oc4ccccc4c3c2)c1. The van der Waals surface area contributed by atoms with Crippen LogP contribution in [-0.2, 0) is 0 Å². The molecule has 0 fully saturated rings. The number of aromatic nitrogens is 1. The molecule has 0 aliphatic heterocycles. The van der Waals surface area contributed by atoms with Gasteiger partial charge < -0.3 is 8.98 Å². The first-order valence-corrected chi connectivity index (χ1v) is 12.7. The summed E-state index contributed by atoms with van der Waals surface area (Å²) in [7, 11) is 0. The van der Waals surface area contributed by atoms with Gasteiger partial charge in [-0.15, -0.1) is 0 Å². The lowest BCUT2D eigenvalue weighted by Crippen LogP contribution is -1.94. The highest BCUT2D eigenvalue weighted by molar-refractivity contribution is 9.10. The minimum Gasteiger partial charge on any atom is -0.456 e. The zero-order valence-corrected chi connectivity index (χ0v) is 21.1. The second-order valence-electron chi connectivity index (χ2n) is 8.52. The Hall–Kier alpha value is -3.34. The van der Waals surface area contributed by atoms with Crippen LogP contribution in [0.15, 0.2) is 116 Å². The van der Waals surface area contributed by atoms with Gasteiger partial charge in [0.2, 0.25) is 0 Å². The summed E-state index contributed by atoms with van der Waals surface area (Å²) >= 11 is 7.30. The van der Waals surface area contributed by atoms with Gasteiger partial charge in [0.1, 0.15) is 11.2 Å². The topological polar surface area (TPSA) is 18.1 Å². The molecule has 0 aliphatic rings. The zero-order chi connectivity index (χ0) is 22.8. The molecule has 0 bridgehead atoms. The van der Waals surface area contributed by atoms with E-state index in [4.69, 9.17) is 4.42 Å². The molecule has 2 nitrogen and oxygen atoms in total. The van der Waals surface area contributed by atoms with Crippen molar-refractivity contribution in [3.05, 3.63) is 112 Å². The first kappa shape index (κ1) is 20.1. The Balaban J connectivity index is 1.46. The van der Waals surface area contributed by atoms with Crippen LogP contribution in [0.1, 0.15) is 0 Å². The second-order valence-corrected chi connectivity index (χ2v) is 10.3. The number of benzene rings is 5. The Morgan fingerprint density at radius 3 is 1.94 bits per heavy atom. The van der Waals surface area contributed by atoms with Gasteiger partial charge in [-0.2, -0.15) is 0 Å². The van der Waals surface area contributed by atoms with E-state index in [-0.39, 0.29) is 0 Å². The molecular weight excluding hydrogens is 550 g/mol. The van der Waals surface area contributed by atoms with E-state index < -0.39 is 0 Å². The summed E-state index contributed by atoms with van der Waals surface area (Å²) in [6, 6.07) is 36.4. The molecule has 0 N–H and O–H groups in total. The lowest BCUT2D eigenvalue weighted by Gasteiger charge is -2.10. The minimum absolute atomic E-state index is 0.916. The van der Waals surface area contributed by atoms with Crippen LogP contribution in [0.2, 0.25) is 0 Å². The standard InChI is InChI=1S/C30H17Br2NO/c31-20-9-11-27-24(16-20)25-17-21(32)10-12-28(25)33(27)22-5-3-4-18(14-22)19-8-13-30-26(15-19)23-6-1-2-7-29(23)34-30/h1-17H. The molecular formula is C30H17Br2NO. The molecule has 0 spiro atoms. The van der Waals surface area contributed by atoms with Crippen LogP contribution < -0.4 is 0 Å². The number of hydrogen-bond donors (Lipinski definition) is 0. The van der Waals surface area contributed by atoms with Crippen LogP contribution in [0.4, 0.5) is 0 Å². The Morgan fingerprint density at radius 2 is 1.18 bits per heavy atom. The fourth-order valence-electron chi connectivity index (χ4n) is 4.98. The fourth-order valence-corrected chi connectivity index (χ4v) is 5.70. The number of fused-ring (bicyclic) bond motifs is 6. The molecule has 4 heteroatoms. The first-order valence-electron chi connectivity index (χ1n) is 11.1. The largest absolute Gasteiger partial charge is 0.456 e. The van der Waals surface area contributed by atoms with Crippen molar-refractivity contribution in [2.45, 2.75) is 0 Å². The average Bonchev–Trinajstić information content (AvgIpc) is 3.39. The van der Waals surface area contributed by atoms with E-state index in [2.05, 4.69) is 127 Å². The van der Waals surface area contributed by atoms with Crippen LogP contribution in [0.5, 0.6) is 0 Å². The third-order valence-electron chi connectivity index (χ3n) is 6.50. The van der Waals surface area contributed by atoms with Crippen molar-refractivity contribution >= 4 is 75.6 Å². The number of furan rings is 1. The fraction of sp³-hybridized carbons (Fsp3) is 0. The highest BCUT2D eigenvalue weighted by atomic mass is 79.9. The summed E-state index contributed by atoms with van der Waals surface area (Å²) in [5.74, 6) is 0. The Morgan fingerprint density at radius 1 is 0.500 bits per heavy atom. The monoisotopic (exact) mass is 565 g/mol. The summed E-state index contributed by atoms with van der Waals surface area (Å²) in [6.07, 6.45) is 0. The van der Waals surface area contributed by atoms with E-state index in [1.54, 1.807) is 0 Å². The van der Waals surface area contributed by atoms with Gasteiger partial charge in [0.05, 0.1) is 11.0 Å². The Bertz CT molecular complexity index is 1830. The van der Waals surface area contributed by atoms with Gasteiger partial charge in [-0.25, -0.2) is 0 Å². The van der Waals surface area contributed by atoms with Crippen LogP contribution in [0, 0.1) is 0 Å². The van der Waals surface area contributed by atoms with E-state index in [1.165, 1.54) is 32.9 Å². The van der Waals surface area contributed by atoms with E-state index in [1.807, 2.05) is 12.1 Å².